The van der Waals surface area contributed by atoms with Crippen LogP contribution in [-0.4, -0.2) is 24.0 Å². The van der Waals surface area contributed by atoms with E-state index in [1.165, 1.54) is 25.5 Å². The first-order valence-electron chi connectivity index (χ1n) is 10.6. The van der Waals surface area contributed by atoms with E-state index < -0.39 is 11.8 Å². The molecule has 0 unspecified atom stereocenters. The lowest BCUT2D eigenvalue weighted by Gasteiger charge is -2.13. The number of methoxy groups -OCH3 is 1. The molecule has 0 aliphatic heterocycles. The van der Waals surface area contributed by atoms with Crippen molar-refractivity contribution in [1.29, 1.82) is 0 Å². The number of amides is 2. The van der Waals surface area contributed by atoms with Gasteiger partial charge in [-0.25, -0.2) is 0 Å². The molecule has 10 heteroatoms. The second-order valence-corrected chi connectivity index (χ2v) is 8.18. The standard InChI is InChI=1S/C26H20ClN3O5S/c1-33-23-15-18(8-11-20(23)29-25(32)22-3-2-14-34-22)28-26(36)30-24(31)13-10-19-9-12-21(35-19)16-4-6-17(27)7-5-16/h2-15H,1H3,(H,29,32)(H2,28,30,31,36). The van der Waals surface area contributed by atoms with Gasteiger partial charge in [0.2, 0.25) is 5.91 Å². The van der Waals surface area contributed by atoms with Gasteiger partial charge in [-0.1, -0.05) is 11.6 Å². The van der Waals surface area contributed by atoms with Crippen molar-refractivity contribution in [2.75, 3.05) is 17.7 Å². The van der Waals surface area contributed by atoms with E-state index in [0.29, 0.717) is 33.7 Å². The molecule has 2 aromatic heterocycles. The van der Waals surface area contributed by atoms with Crippen LogP contribution in [-0.2, 0) is 4.79 Å². The van der Waals surface area contributed by atoms with Crippen LogP contribution in [0.1, 0.15) is 16.3 Å². The van der Waals surface area contributed by atoms with Crippen molar-refractivity contribution in [3.8, 4) is 17.1 Å². The molecule has 2 heterocycles. The molecule has 182 valence electrons. The number of rotatable bonds is 7. The number of hydrogen-bond donors (Lipinski definition) is 3. The smallest absolute Gasteiger partial charge is 0.291 e. The number of carbonyl (C=O) groups excluding carboxylic acids is 2. The molecule has 0 bridgehead atoms. The Morgan fingerprint density at radius 1 is 1.03 bits per heavy atom. The number of carbonyl (C=O) groups is 2. The van der Waals surface area contributed by atoms with Gasteiger partial charge in [0.15, 0.2) is 10.9 Å². The van der Waals surface area contributed by atoms with Crippen molar-refractivity contribution >= 4 is 58.2 Å². The first-order valence-corrected chi connectivity index (χ1v) is 11.4. The number of nitrogens with one attached hydrogen (secondary N) is 3. The van der Waals surface area contributed by atoms with E-state index >= 15 is 0 Å². The lowest BCUT2D eigenvalue weighted by Crippen LogP contribution is -2.32. The summed E-state index contributed by atoms with van der Waals surface area (Å²) in [5, 5.41) is 8.90. The summed E-state index contributed by atoms with van der Waals surface area (Å²) in [5.41, 5.74) is 1.87. The van der Waals surface area contributed by atoms with Crippen LogP contribution in [0.4, 0.5) is 11.4 Å². The Morgan fingerprint density at radius 2 is 1.83 bits per heavy atom. The zero-order chi connectivity index (χ0) is 25.5. The molecule has 4 aromatic rings. The molecule has 0 atom stereocenters. The highest BCUT2D eigenvalue weighted by Gasteiger charge is 2.13. The van der Waals surface area contributed by atoms with Crippen LogP contribution in [0.2, 0.25) is 5.02 Å². The molecule has 0 aliphatic rings. The number of benzene rings is 2. The number of anilines is 2. The lowest BCUT2D eigenvalue weighted by atomic mass is 10.2. The summed E-state index contributed by atoms with van der Waals surface area (Å²) < 4.78 is 16.2. The Morgan fingerprint density at radius 3 is 2.56 bits per heavy atom. The molecule has 2 aromatic carbocycles. The summed E-state index contributed by atoms with van der Waals surface area (Å²) in [5.74, 6) is 0.874. The van der Waals surface area contributed by atoms with Crippen molar-refractivity contribution in [2.45, 2.75) is 0 Å². The SMILES string of the molecule is COc1cc(NC(=S)NC(=O)C=Cc2ccc(-c3ccc(Cl)cc3)o2)ccc1NC(=O)c1ccco1. The lowest BCUT2D eigenvalue weighted by molar-refractivity contribution is -0.115. The summed E-state index contributed by atoms with van der Waals surface area (Å²) in [6.07, 6.45) is 4.26. The summed E-state index contributed by atoms with van der Waals surface area (Å²) in [6.45, 7) is 0. The topological polar surface area (TPSA) is 106 Å². The van der Waals surface area contributed by atoms with Crippen LogP contribution >= 0.6 is 23.8 Å². The normalized spacial score (nSPS) is 10.7. The highest BCUT2D eigenvalue weighted by Crippen LogP contribution is 2.28. The summed E-state index contributed by atoms with van der Waals surface area (Å²) in [7, 11) is 1.47. The fourth-order valence-corrected chi connectivity index (χ4v) is 3.49. The molecule has 0 radical (unpaired) electrons. The molecule has 0 fully saturated rings. The zero-order valence-electron chi connectivity index (χ0n) is 18.9. The number of ether oxygens (including phenoxy) is 1. The van der Waals surface area contributed by atoms with Crippen molar-refractivity contribution < 1.29 is 23.2 Å². The number of hydrogen-bond acceptors (Lipinski definition) is 6. The quantitative estimate of drug-likeness (QED) is 0.203. The van der Waals surface area contributed by atoms with E-state index in [1.54, 1.807) is 54.6 Å². The monoisotopic (exact) mass is 521 g/mol. The molecule has 36 heavy (non-hydrogen) atoms. The van der Waals surface area contributed by atoms with E-state index in [1.807, 2.05) is 12.1 Å². The Labute approximate surface area is 216 Å². The van der Waals surface area contributed by atoms with Crippen molar-refractivity contribution in [1.82, 2.24) is 5.32 Å². The molecule has 2 amide bonds. The van der Waals surface area contributed by atoms with E-state index in [2.05, 4.69) is 16.0 Å². The predicted molar refractivity (Wildman–Crippen MR) is 142 cm³/mol. The van der Waals surface area contributed by atoms with Crippen LogP contribution in [0.25, 0.3) is 17.4 Å². The van der Waals surface area contributed by atoms with Crippen LogP contribution in [0.15, 0.2) is 87.9 Å². The van der Waals surface area contributed by atoms with Crippen molar-refractivity contribution in [3.05, 3.63) is 95.6 Å². The summed E-state index contributed by atoms with van der Waals surface area (Å²) >= 11 is 11.1. The van der Waals surface area contributed by atoms with Gasteiger partial charge in [-0.3, -0.25) is 14.9 Å². The Bertz CT molecular complexity index is 1410. The van der Waals surface area contributed by atoms with E-state index in [4.69, 9.17) is 37.4 Å². The maximum atomic E-state index is 12.3. The second-order valence-electron chi connectivity index (χ2n) is 7.33. The minimum absolute atomic E-state index is 0.0837. The largest absolute Gasteiger partial charge is 0.494 e. The maximum absolute atomic E-state index is 12.3. The van der Waals surface area contributed by atoms with Gasteiger partial charge >= 0.3 is 0 Å². The van der Waals surface area contributed by atoms with Gasteiger partial charge in [0.05, 0.1) is 19.1 Å². The van der Waals surface area contributed by atoms with Gasteiger partial charge in [0, 0.05) is 28.4 Å². The fraction of sp³-hybridized carbons (Fsp3) is 0.0385. The van der Waals surface area contributed by atoms with Gasteiger partial charge in [-0.05, 0) is 79.0 Å². The minimum Gasteiger partial charge on any atom is -0.494 e. The molecule has 0 aliphatic carbocycles. The molecule has 0 saturated heterocycles. The Hall–Kier alpha value is -4.34. The first kappa shape index (κ1) is 24.8. The van der Waals surface area contributed by atoms with Gasteiger partial charge in [0.1, 0.15) is 17.3 Å². The molecule has 0 spiro atoms. The Kier molecular flexibility index (Phi) is 7.84. The second kappa shape index (κ2) is 11.4. The zero-order valence-corrected chi connectivity index (χ0v) is 20.5. The Balaban J connectivity index is 1.32. The van der Waals surface area contributed by atoms with Gasteiger partial charge in [-0.2, -0.15) is 0 Å². The third-order valence-electron chi connectivity index (χ3n) is 4.84. The van der Waals surface area contributed by atoms with Crippen LogP contribution < -0.4 is 20.7 Å². The summed E-state index contributed by atoms with van der Waals surface area (Å²) in [4.78, 5) is 24.5. The number of halogens is 1. The highest BCUT2D eigenvalue weighted by atomic mass is 35.5. The van der Waals surface area contributed by atoms with E-state index in [9.17, 15) is 9.59 Å². The molecule has 4 rings (SSSR count). The average molecular weight is 522 g/mol. The number of furan rings is 2. The molecule has 3 N–H and O–H groups in total. The van der Waals surface area contributed by atoms with Crippen LogP contribution in [0.3, 0.4) is 0 Å². The number of thiocarbonyl (C=S) groups is 1. The minimum atomic E-state index is -0.439. The third kappa shape index (κ3) is 6.41. The van der Waals surface area contributed by atoms with E-state index in [-0.39, 0.29) is 10.9 Å². The molecule has 8 nitrogen and oxygen atoms in total. The molecule has 0 saturated carbocycles. The average Bonchev–Trinajstić information content (AvgIpc) is 3.57. The summed E-state index contributed by atoms with van der Waals surface area (Å²) in [6, 6.07) is 18.9. The fourth-order valence-electron chi connectivity index (χ4n) is 3.15. The van der Waals surface area contributed by atoms with Gasteiger partial charge < -0.3 is 24.2 Å². The predicted octanol–water partition coefficient (Wildman–Crippen LogP) is 5.98. The van der Waals surface area contributed by atoms with Crippen molar-refractivity contribution in [2.24, 2.45) is 0 Å². The van der Waals surface area contributed by atoms with Gasteiger partial charge in [0.25, 0.3) is 5.91 Å². The van der Waals surface area contributed by atoms with Crippen molar-refractivity contribution in [3.63, 3.8) is 0 Å². The molecular weight excluding hydrogens is 502 g/mol. The van der Waals surface area contributed by atoms with Gasteiger partial charge in [-0.15, -0.1) is 0 Å². The molecular formula is C26H20ClN3O5S. The maximum Gasteiger partial charge on any atom is 0.291 e. The highest BCUT2D eigenvalue weighted by molar-refractivity contribution is 7.80. The van der Waals surface area contributed by atoms with E-state index in [0.717, 1.165) is 5.56 Å². The van der Waals surface area contributed by atoms with Crippen LogP contribution in [0.5, 0.6) is 5.75 Å². The third-order valence-corrected chi connectivity index (χ3v) is 5.30. The van der Waals surface area contributed by atoms with Crippen LogP contribution in [0, 0.1) is 0 Å². The first-order chi connectivity index (χ1) is 17.4.